The molecule has 0 saturated carbocycles. The second-order valence-electron chi connectivity index (χ2n) is 6.06. The van der Waals surface area contributed by atoms with Gasteiger partial charge in [0.2, 0.25) is 0 Å². The standard InChI is InChI=1S/C20H23N5/c1-3-10-19(21-16(2)18-13-8-5-9-14-18)20-22-23-24-25(20)15-17-11-6-4-7-12-17/h3-9,11-14,16,19,21H,1,10,15H2,2H3/t16-,19?/m1/s1. The molecule has 0 fully saturated rings. The van der Waals surface area contributed by atoms with Gasteiger partial charge >= 0.3 is 0 Å². The van der Waals surface area contributed by atoms with Crippen molar-refractivity contribution >= 4 is 0 Å². The van der Waals surface area contributed by atoms with Crippen molar-refractivity contribution in [2.75, 3.05) is 0 Å². The Morgan fingerprint density at radius 2 is 1.76 bits per heavy atom. The predicted molar refractivity (Wildman–Crippen MR) is 98.9 cm³/mol. The van der Waals surface area contributed by atoms with Gasteiger partial charge in [-0.2, -0.15) is 0 Å². The number of benzene rings is 2. The van der Waals surface area contributed by atoms with Gasteiger partial charge in [-0.25, -0.2) is 4.68 Å². The molecule has 1 aromatic heterocycles. The topological polar surface area (TPSA) is 55.6 Å². The van der Waals surface area contributed by atoms with Crippen LogP contribution in [0.4, 0.5) is 0 Å². The molecule has 0 amide bonds. The number of rotatable bonds is 8. The number of tetrazole rings is 1. The Kier molecular flexibility index (Phi) is 5.69. The molecule has 5 nitrogen and oxygen atoms in total. The molecule has 2 atom stereocenters. The van der Waals surface area contributed by atoms with Crippen LogP contribution in [0.3, 0.4) is 0 Å². The molecule has 128 valence electrons. The van der Waals surface area contributed by atoms with E-state index in [1.807, 2.05) is 35.0 Å². The maximum Gasteiger partial charge on any atom is 0.168 e. The van der Waals surface area contributed by atoms with Gasteiger partial charge in [-0.3, -0.25) is 0 Å². The van der Waals surface area contributed by atoms with Gasteiger partial charge in [0, 0.05) is 6.04 Å². The highest BCUT2D eigenvalue weighted by Crippen LogP contribution is 2.21. The predicted octanol–water partition coefficient (Wildman–Crippen LogP) is 3.69. The molecular weight excluding hydrogens is 310 g/mol. The summed E-state index contributed by atoms with van der Waals surface area (Å²) in [5, 5.41) is 16.0. The van der Waals surface area contributed by atoms with Crippen molar-refractivity contribution in [3.8, 4) is 0 Å². The fourth-order valence-electron chi connectivity index (χ4n) is 2.88. The Labute approximate surface area is 148 Å². The van der Waals surface area contributed by atoms with E-state index < -0.39 is 0 Å². The average Bonchev–Trinajstić information content (AvgIpc) is 3.11. The Morgan fingerprint density at radius 3 is 2.44 bits per heavy atom. The highest BCUT2D eigenvalue weighted by Gasteiger charge is 2.20. The number of hydrogen-bond donors (Lipinski definition) is 1. The van der Waals surface area contributed by atoms with Gasteiger partial charge in [0.25, 0.3) is 0 Å². The van der Waals surface area contributed by atoms with Gasteiger partial charge in [0.15, 0.2) is 5.82 Å². The number of aromatic nitrogens is 4. The third kappa shape index (κ3) is 4.39. The Hall–Kier alpha value is -2.79. The van der Waals surface area contributed by atoms with E-state index in [0.29, 0.717) is 6.54 Å². The molecule has 0 aliphatic heterocycles. The summed E-state index contributed by atoms with van der Waals surface area (Å²) in [6, 6.07) is 20.8. The summed E-state index contributed by atoms with van der Waals surface area (Å²) in [6.07, 6.45) is 2.66. The van der Waals surface area contributed by atoms with Crippen molar-refractivity contribution in [1.29, 1.82) is 0 Å². The second kappa shape index (κ2) is 8.35. The van der Waals surface area contributed by atoms with Crippen molar-refractivity contribution < 1.29 is 0 Å². The molecule has 1 N–H and O–H groups in total. The molecule has 0 saturated heterocycles. The first-order valence-corrected chi connectivity index (χ1v) is 8.50. The van der Waals surface area contributed by atoms with Crippen LogP contribution in [-0.4, -0.2) is 20.2 Å². The van der Waals surface area contributed by atoms with Crippen molar-refractivity contribution in [3.63, 3.8) is 0 Å². The minimum atomic E-state index is 0.00594. The lowest BCUT2D eigenvalue weighted by Gasteiger charge is -2.22. The summed E-state index contributed by atoms with van der Waals surface area (Å²) >= 11 is 0. The summed E-state index contributed by atoms with van der Waals surface area (Å²) < 4.78 is 1.86. The summed E-state index contributed by atoms with van der Waals surface area (Å²) in [5.41, 5.74) is 2.41. The van der Waals surface area contributed by atoms with Crippen molar-refractivity contribution in [2.24, 2.45) is 0 Å². The molecule has 25 heavy (non-hydrogen) atoms. The molecule has 3 aromatic rings. The molecule has 1 unspecified atom stereocenters. The van der Waals surface area contributed by atoms with Crippen molar-refractivity contribution in [1.82, 2.24) is 25.5 Å². The van der Waals surface area contributed by atoms with Crippen molar-refractivity contribution in [2.45, 2.75) is 32.0 Å². The zero-order valence-electron chi connectivity index (χ0n) is 14.4. The van der Waals surface area contributed by atoms with Crippen LogP contribution in [0.25, 0.3) is 0 Å². The second-order valence-corrected chi connectivity index (χ2v) is 6.06. The zero-order valence-corrected chi connectivity index (χ0v) is 14.4. The quantitative estimate of drug-likeness (QED) is 0.639. The fourth-order valence-corrected chi connectivity index (χ4v) is 2.88. The van der Waals surface area contributed by atoms with E-state index in [1.165, 1.54) is 11.1 Å². The number of hydrogen-bond acceptors (Lipinski definition) is 4. The minimum Gasteiger partial charge on any atom is -0.300 e. The molecule has 3 rings (SSSR count). The third-order valence-corrected chi connectivity index (χ3v) is 4.20. The molecular formula is C20H23N5. The Balaban J connectivity index is 1.79. The number of nitrogens with zero attached hydrogens (tertiary/aromatic N) is 4. The fraction of sp³-hybridized carbons (Fsp3) is 0.250. The summed E-state index contributed by atoms with van der Waals surface area (Å²) in [6.45, 7) is 6.69. The Bertz CT molecular complexity index is 782. The first-order chi connectivity index (χ1) is 12.3. The first-order valence-electron chi connectivity index (χ1n) is 8.50. The highest BCUT2D eigenvalue weighted by atomic mass is 15.5. The highest BCUT2D eigenvalue weighted by molar-refractivity contribution is 5.19. The molecule has 2 aromatic carbocycles. The molecule has 1 heterocycles. The van der Waals surface area contributed by atoms with Crippen LogP contribution < -0.4 is 5.32 Å². The maximum atomic E-state index is 4.27. The molecule has 0 spiro atoms. The lowest BCUT2D eigenvalue weighted by Crippen LogP contribution is -2.27. The molecule has 0 aliphatic rings. The normalized spacial score (nSPS) is 13.3. The molecule has 0 radical (unpaired) electrons. The largest absolute Gasteiger partial charge is 0.300 e. The van der Waals surface area contributed by atoms with Crippen LogP contribution in [0.5, 0.6) is 0 Å². The first kappa shape index (κ1) is 17.0. The average molecular weight is 333 g/mol. The third-order valence-electron chi connectivity index (χ3n) is 4.20. The van der Waals surface area contributed by atoms with E-state index >= 15 is 0 Å². The van der Waals surface area contributed by atoms with E-state index in [9.17, 15) is 0 Å². The van der Waals surface area contributed by atoms with Crippen LogP contribution >= 0.6 is 0 Å². The molecule has 5 heteroatoms. The van der Waals surface area contributed by atoms with Gasteiger partial charge in [-0.05, 0) is 34.9 Å². The summed E-state index contributed by atoms with van der Waals surface area (Å²) in [4.78, 5) is 0. The maximum absolute atomic E-state index is 4.27. The summed E-state index contributed by atoms with van der Waals surface area (Å²) in [7, 11) is 0. The van der Waals surface area contributed by atoms with Crippen LogP contribution in [0.15, 0.2) is 73.3 Å². The van der Waals surface area contributed by atoms with Crippen molar-refractivity contribution in [3.05, 3.63) is 90.3 Å². The van der Waals surface area contributed by atoms with E-state index in [4.69, 9.17) is 0 Å². The summed E-state index contributed by atoms with van der Waals surface area (Å²) in [5.74, 6) is 0.825. The SMILES string of the molecule is C=CCC(N[C@H](C)c1ccccc1)c1nnnn1Cc1ccccc1. The lowest BCUT2D eigenvalue weighted by molar-refractivity contribution is 0.431. The van der Waals surface area contributed by atoms with E-state index in [1.54, 1.807) is 0 Å². The van der Waals surface area contributed by atoms with Gasteiger partial charge in [0.1, 0.15) is 0 Å². The minimum absolute atomic E-state index is 0.00594. The van der Waals surface area contributed by atoms with Gasteiger partial charge < -0.3 is 5.32 Å². The van der Waals surface area contributed by atoms with E-state index in [0.717, 1.165) is 12.2 Å². The zero-order chi connectivity index (χ0) is 17.5. The van der Waals surface area contributed by atoms with E-state index in [2.05, 4.69) is 70.7 Å². The lowest BCUT2D eigenvalue weighted by atomic mass is 10.1. The molecule has 0 bridgehead atoms. The van der Waals surface area contributed by atoms with Gasteiger partial charge in [-0.15, -0.1) is 11.7 Å². The van der Waals surface area contributed by atoms with Crippen LogP contribution in [-0.2, 0) is 6.54 Å². The van der Waals surface area contributed by atoms with Gasteiger partial charge in [-0.1, -0.05) is 66.7 Å². The smallest absolute Gasteiger partial charge is 0.168 e. The Morgan fingerprint density at radius 1 is 1.08 bits per heavy atom. The van der Waals surface area contributed by atoms with Gasteiger partial charge in [0.05, 0.1) is 12.6 Å². The monoisotopic (exact) mass is 333 g/mol. The number of nitrogens with one attached hydrogen (secondary N) is 1. The van der Waals surface area contributed by atoms with Crippen LogP contribution in [0.1, 0.15) is 42.4 Å². The molecule has 0 aliphatic carbocycles. The van der Waals surface area contributed by atoms with E-state index in [-0.39, 0.29) is 12.1 Å². The van der Waals surface area contributed by atoms with Crippen LogP contribution in [0, 0.1) is 0 Å². The van der Waals surface area contributed by atoms with Crippen LogP contribution in [0.2, 0.25) is 0 Å².